The van der Waals surface area contributed by atoms with Gasteiger partial charge in [0.25, 0.3) is 0 Å². The Hall–Kier alpha value is -1.58. The monoisotopic (exact) mass is 237 g/mol. The fourth-order valence-electron chi connectivity index (χ4n) is 1.94. The van der Waals surface area contributed by atoms with Crippen LogP contribution in [0.2, 0.25) is 0 Å². The average molecular weight is 237 g/mol. The first-order valence-electron chi connectivity index (χ1n) is 5.96. The minimum absolute atomic E-state index is 0.364. The van der Waals surface area contributed by atoms with Crippen molar-refractivity contribution in [2.24, 2.45) is 0 Å². The Morgan fingerprint density at radius 1 is 1.41 bits per heavy atom. The Labute approximate surface area is 101 Å². The number of H-pyrrole nitrogens is 1. The van der Waals surface area contributed by atoms with Gasteiger partial charge in [0.1, 0.15) is 0 Å². The minimum atomic E-state index is -0.364. The summed E-state index contributed by atoms with van der Waals surface area (Å²) in [5.74, 6) is -0.364. The van der Waals surface area contributed by atoms with Gasteiger partial charge in [-0.2, -0.15) is 0 Å². The molecule has 0 fully saturated rings. The standard InChI is InChI=1S/C13H19NO3/c1-4-6-7-9-11(8-15)14-10(5-2)12(9)13(16)17-3/h8,14H,4-7H2,1-3H3. The van der Waals surface area contributed by atoms with Crippen LogP contribution in [0.4, 0.5) is 0 Å². The Balaban J connectivity index is 3.24. The number of esters is 1. The molecule has 0 atom stereocenters. The second-order valence-corrected chi connectivity index (χ2v) is 3.94. The number of carbonyl (C=O) groups excluding carboxylic acids is 2. The molecule has 0 unspecified atom stereocenters. The van der Waals surface area contributed by atoms with Crippen LogP contribution in [0.25, 0.3) is 0 Å². The molecular formula is C13H19NO3. The number of aromatic nitrogens is 1. The quantitative estimate of drug-likeness (QED) is 0.611. The molecule has 0 saturated heterocycles. The number of aryl methyl sites for hydroxylation is 1. The van der Waals surface area contributed by atoms with Crippen LogP contribution >= 0.6 is 0 Å². The summed E-state index contributed by atoms with van der Waals surface area (Å²) in [7, 11) is 1.36. The molecule has 0 spiro atoms. The minimum Gasteiger partial charge on any atom is -0.465 e. The van der Waals surface area contributed by atoms with Gasteiger partial charge in [-0.05, 0) is 24.8 Å². The summed E-state index contributed by atoms with van der Waals surface area (Å²) >= 11 is 0. The molecule has 0 aromatic carbocycles. The topological polar surface area (TPSA) is 59.2 Å². The molecule has 1 aromatic heterocycles. The third-order valence-electron chi connectivity index (χ3n) is 2.86. The number of methoxy groups -OCH3 is 1. The van der Waals surface area contributed by atoms with E-state index < -0.39 is 0 Å². The molecule has 17 heavy (non-hydrogen) atoms. The maximum absolute atomic E-state index is 11.7. The fourth-order valence-corrected chi connectivity index (χ4v) is 1.94. The molecule has 0 saturated carbocycles. The predicted octanol–water partition coefficient (Wildman–Crippen LogP) is 2.52. The zero-order chi connectivity index (χ0) is 12.8. The number of nitrogens with one attached hydrogen (secondary N) is 1. The number of carbonyl (C=O) groups is 2. The van der Waals surface area contributed by atoms with Crippen LogP contribution in [0.5, 0.6) is 0 Å². The largest absolute Gasteiger partial charge is 0.465 e. The molecule has 4 nitrogen and oxygen atoms in total. The molecule has 0 aliphatic heterocycles. The highest BCUT2D eigenvalue weighted by Gasteiger charge is 2.21. The Bertz CT molecular complexity index is 407. The molecule has 1 rings (SSSR count). The van der Waals surface area contributed by atoms with Gasteiger partial charge in [0.2, 0.25) is 0 Å². The number of hydrogen-bond acceptors (Lipinski definition) is 3. The Morgan fingerprint density at radius 2 is 2.12 bits per heavy atom. The van der Waals surface area contributed by atoms with Gasteiger partial charge in [-0.1, -0.05) is 20.3 Å². The Kier molecular flexibility index (Phi) is 4.94. The molecule has 0 amide bonds. The van der Waals surface area contributed by atoms with Gasteiger partial charge in [-0.25, -0.2) is 4.79 Å². The van der Waals surface area contributed by atoms with E-state index in [4.69, 9.17) is 4.74 Å². The lowest BCUT2D eigenvalue weighted by Crippen LogP contribution is -2.07. The number of aromatic amines is 1. The summed E-state index contributed by atoms with van der Waals surface area (Å²) in [4.78, 5) is 25.8. The summed E-state index contributed by atoms with van der Waals surface area (Å²) in [6.07, 6.45) is 4.15. The molecule has 0 radical (unpaired) electrons. The van der Waals surface area contributed by atoms with E-state index in [0.29, 0.717) is 17.7 Å². The first-order chi connectivity index (χ1) is 8.19. The molecule has 1 aromatic rings. The van der Waals surface area contributed by atoms with Crippen molar-refractivity contribution in [3.8, 4) is 0 Å². The van der Waals surface area contributed by atoms with Gasteiger partial charge in [-0.15, -0.1) is 0 Å². The Morgan fingerprint density at radius 3 is 2.59 bits per heavy atom. The lowest BCUT2D eigenvalue weighted by atomic mass is 10.0. The first kappa shape index (κ1) is 13.5. The van der Waals surface area contributed by atoms with Gasteiger partial charge in [0.15, 0.2) is 6.29 Å². The van der Waals surface area contributed by atoms with E-state index in [1.54, 1.807) is 0 Å². The number of aldehydes is 1. The average Bonchev–Trinajstić information content (AvgIpc) is 2.72. The summed E-state index contributed by atoms with van der Waals surface area (Å²) in [6, 6.07) is 0. The second kappa shape index (κ2) is 6.23. The fraction of sp³-hybridized carbons (Fsp3) is 0.538. The van der Waals surface area contributed by atoms with Crippen LogP contribution in [-0.4, -0.2) is 24.3 Å². The third-order valence-corrected chi connectivity index (χ3v) is 2.86. The third kappa shape index (κ3) is 2.75. The summed E-state index contributed by atoms with van der Waals surface area (Å²) in [5.41, 5.74) is 2.64. The van der Waals surface area contributed by atoms with E-state index >= 15 is 0 Å². The molecule has 4 heteroatoms. The van der Waals surface area contributed by atoms with Crippen LogP contribution in [0.1, 0.15) is 58.8 Å². The van der Waals surface area contributed by atoms with E-state index in [1.807, 2.05) is 6.92 Å². The van der Waals surface area contributed by atoms with Crippen LogP contribution in [0, 0.1) is 0 Å². The van der Waals surface area contributed by atoms with E-state index in [2.05, 4.69) is 11.9 Å². The number of ether oxygens (including phenoxy) is 1. The molecule has 0 aliphatic rings. The molecule has 1 heterocycles. The van der Waals surface area contributed by atoms with Crippen LogP contribution < -0.4 is 0 Å². The SMILES string of the molecule is CCCCc1c(C=O)[nH]c(CC)c1C(=O)OC. The van der Waals surface area contributed by atoms with Gasteiger partial charge >= 0.3 is 5.97 Å². The smallest absolute Gasteiger partial charge is 0.339 e. The summed E-state index contributed by atoms with van der Waals surface area (Å²) in [6.45, 7) is 4.02. The number of rotatable bonds is 6. The van der Waals surface area contributed by atoms with E-state index in [-0.39, 0.29) is 5.97 Å². The highest BCUT2D eigenvalue weighted by molar-refractivity contribution is 5.95. The normalized spacial score (nSPS) is 10.3. The van der Waals surface area contributed by atoms with E-state index in [0.717, 1.165) is 36.8 Å². The number of unbranched alkanes of at least 4 members (excludes halogenated alkanes) is 1. The zero-order valence-corrected chi connectivity index (χ0v) is 10.6. The van der Waals surface area contributed by atoms with Gasteiger partial charge in [0.05, 0.1) is 18.4 Å². The molecule has 0 bridgehead atoms. The van der Waals surface area contributed by atoms with E-state index in [9.17, 15) is 9.59 Å². The van der Waals surface area contributed by atoms with Crippen LogP contribution in [0.3, 0.4) is 0 Å². The lowest BCUT2D eigenvalue weighted by molar-refractivity contribution is 0.0598. The first-order valence-corrected chi connectivity index (χ1v) is 5.96. The van der Waals surface area contributed by atoms with E-state index in [1.165, 1.54) is 7.11 Å². The summed E-state index contributed by atoms with van der Waals surface area (Å²) < 4.78 is 4.78. The van der Waals surface area contributed by atoms with Crippen molar-refractivity contribution >= 4 is 12.3 Å². The van der Waals surface area contributed by atoms with Gasteiger partial charge in [0, 0.05) is 5.69 Å². The van der Waals surface area contributed by atoms with Crippen molar-refractivity contribution in [1.29, 1.82) is 0 Å². The van der Waals surface area contributed by atoms with Crippen molar-refractivity contribution < 1.29 is 14.3 Å². The number of hydrogen-bond donors (Lipinski definition) is 1. The van der Waals surface area contributed by atoms with Gasteiger partial charge in [-0.3, -0.25) is 4.79 Å². The maximum Gasteiger partial charge on any atom is 0.339 e. The summed E-state index contributed by atoms with van der Waals surface area (Å²) in [5, 5.41) is 0. The van der Waals surface area contributed by atoms with Gasteiger partial charge < -0.3 is 9.72 Å². The van der Waals surface area contributed by atoms with Crippen LogP contribution in [-0.2, 0) is 17.6 Å². The lowest BCUT2D eigenvalue weighted by Gasteiger charge is -2.04. The van der Waals surface area contributed by atoms with Crippen molar-refractivity contribution in [3.63, 3.8) is 0 Å². The zero-order valence-electron chi connectivity index (χ0n) is 10.6. The highest BCUT2D eigenvalue weighted by Crippen LogP contribution is 2.22. The molecule has 94 valence electrons. The molecule has 0 aliphatic carbocycles. The predicted molar refractivity (Wildman–Crippen MR) is 65.5 cm³/mol. The van der Waals surface area contributed by atoms with Crippen molar-refractivity contribution in [1.82, 2.24) is 4.98 Å². The second-order valence-electron chi connectivity index (χ2n) is 3.94. The van der Waals surface area contributed by atoms with Crippen molar-refractivity contribution in [3.05, 3.63) is 22.5 Å². The van der Waals surface area contributed by atoms with Crippen molar-refractivity contribution in [2.45, 2.75) is 39.5 Å². The molecular weight excluding hydrogens is 218 g/mol. The van der Waals surface area contributed by atoms with Crippen molar-refractivity contribution in [2.75, 3.05) is 7.11 Å². The maximum atomic E-state index is 11.7. The highest BCUT2D eigenvalue weighted by atomic mass is 16.5. The molecule has 1 N–H and O–H groups in total. The van der Waals surface area contributed by atoms with Crippen LogP contribution in [0.15, 0.2) is 0 Å².